The molecular weight excluding hydrogens is 282 g/mol. The van der Waals surface area contributed by atoms with Crippen molar-refractivity contribution in [3.63, 3.8) is 0 Å². The summed E-state index contributed by atoms with van der Waals surface area (Å²) in [4.78, 5) is 2.46. The van der Waals surface area contributed by atoms with Crippen LogP contribution in [0.2, 0.25) is 0 Å². The van der Waals surface area contributed by atoms with Crippen LogP contribution < -0.4 is 10.6 Å². The molecule has 110 valence electrons. The second-order valence-corrected chi connectivity index (χ2v) is 6.07. The first kappa shape index (κ1) is 14.6. The molecule has 0 aromatic heterocycles. The molecule has 1 aliphatic heterocycles. The molecule has 2 atom stereocenters. The first-order valence-electron chi connectivity index (χ1n) is 7.30. The number of nitrogens with zero attached hydrogens (tertiary/aromatic N) is 1. The van der Waals surface area contributed by atoms with Crippen LogP contribution in [0.4, 0.5) is 4.39 Å². The Morgan fingerprint density at radius 2 is 1.43 bits per heavy atom. The first-order chi connectivity index (χ1) is 10.2. The Hall–Kier alpha value is -1.28. The van der Waals surface area contributed by atoms with Crippen molar-refractivity contribution >= 4 is 14.5 Å². The maximum atomic E-state index is 13.2. The van der Waals surface area contributed by atoms with Gasteiger partial charge in [0.25, 0.3) is 0 Å². The number of piperazine rings is 1. The van der Waals surface area contributed by atoms with E-state index in [4.69, 9.17) is 0 Å². The zero-order valence-corrected chi connectivity index (χ0v) is 13.1. The molecule has 2 nitrogen and oxygen atoms in total. The number of nitrogens with one attached hydrogen (secondary N) is 1. The number of rotatable bonds is 3. The monoisotopic (exact) mass is 302 g/mol. The molecule has 1 saturated heterocycles. The van der Waals surface area contributed by atoms with Crippen molar-refractivity contribution in [1.82, 2.24) is 10.2 Å². The van der Waals surface area contributed by atoms with E-state index < -0.39 is 0 Å². The quantitative estimate of drug-likeness (QED) is 0.876. The van der Waals surface area contributed by atoms with Gasteiger partial charge in [0.15, 0.2) is 0 Å². The summed E-state index contributed by atoms with van der Waals surface area (Å²) in [7, 11) is 2.71. The third kappa shape index (κ3) is 3.49. The van der Waals surface area contributed by atoms with Crippen LogP contribution in [0.5, 0.6) is 0 Å². The molecule has 2 unspecified atom stereocenters. The van der Waals surface area contributed by atoms with Crippen LogP contribution in [0, 0.1) is 5.82 Å². The fourth-order valence-corrected chi connectivity index (χ4v) is 3.07. The lowest BCUT2D eigenvalue weighted by atomic mass is 9.96. The average molecular weight is 302 g/mol. The van der Waals surface area contributed by atoms with E-state index in [0.717, 1.165) is 31.7 Å². The summed E-state index contributed by atoms with van der Waals surface area (Å²) in [6, 6.07) is 15.6. The molecule has 3 rings (SSSR count). The van der Waals surface area contributed by atoms with Crippen LogP contribution >= 0.6 is 9.24 Å². The normalized spacial score (nSPS) is 17.6. The Morgan fingerprint density at radius 1 is 0.905 bits per heavy atom. The smallest absolute Gasteiger partial charge is 0.123 e. The van der Waals surface area contributed by atoms with Gasteiger partial charge in [-0.1, -0.05) is 36.4 Å². The van der Waals surface area contributed by atoms with E-state index in [1.807, 2.05) is 12.1 Å². The molecule has 21 heavy (non-hydrogen) atoms. The first-order valence-corrected chi connectivity index (χ1v) is 7.87. The van der Waals surface area contributed by atoms with E-state index in [-0.39, 0.29) is 11.9 Å². The molecule has 2 aromatic rings. The third-order valence-electron chi connectivity index (χ3n) is 3.95. The zero-order chi connectivity index (χ0) is 14.7. The lowest BCUT2D eigenvalue weighted by Crippen LogP contribution is -2.45. The van der Waals surface area contributed by atoms with E-state index in [0.29, 0.717) is 0 Å². The number of hydrogen-bond donors (Lipinski definition) is 1. The predicted molar refractivity (Wildman–Crippen MR) is 88.5 cm³/mol. The van der Waals surface area contributed by atoms with Gasteiger partial charge in [0, 0.05) is 26.2 Å². The van der Waals surface area contributed by atoms with Gasteiger partial charge in [-0.3, -0.25) is 4.90 Å². The van der Waals surface area contributed by atoms with Crippen LogP contribution in [0.25, 0.3) is 0 Å². The molecule has 0 aliphatic carbocycles. The lowest BCUT2D eigenvalue weighted by Gasteiger charge is -2.35. The van der Waals surface area contributed by atoms with Gasteiger partial charge < -0.3 is 5.32 Å². The maximum absolute atomic E-state index is 13.2. The highest BCUT2D eigenvalue weighted by Gasteiger charge is 2.23. The molecule has 1 aliphatic rings. The fourth-order valence-electron chi connectivity index (χ4n) is 2.88. The zero-order valence-electron chi connectivity index (χ0n) is 11.9. The van der Waals surface area contributed by atoms with Crippen molar-refractivity contribution in [2.24, 2.45) is 0 Å². The Balaban J connectivity index is 1.97. The number of halogens is 1. The SMILES string of the molecule is Fc1ccc(C(c2ccc(P)cc2)N2CCNCC2)cc1. The van der Waals surface area contributed by atoms with Gasteiger partial charge in [-0.2, -0.15) is 0 Å². The highest BCUT2D eigenvalue weighted by atomic mass is 31.0. The van der Waals surface area contributed by atoms with E-state index in [9.17, 15) is 4.39 Å². The average Bonchev–Trinajstić information content (AvgIpc) is 2.52. The highest BCUT2D eigenvalue weighted by Crippen LogP contribution is 2.28. The van der Waals surface area contributed by atoms with Gasteiger partial charge in [-0.15, -0.1) is 9.24 Å². The van der Waals surface area contributed by atoms with Gasteiger partial charge in [-0.25, -0.2) is 4.39 Å². The predicted octanol–water partition coefficient (Wildman–Crippen LogP) is 2.32. The van der Waals surface area contributed by atoms with E-state index in [1.54, 1.807) is 12.1 Å². The summed E-state index contributed by atoms with van der Waals surface area (Å²) in [6.07, 6.45) is 0. The van der Waals surface area contributed by atoms with Crippen LogP contribution in [0.3, 0.4) is 0 Å². The molecule has 1 heterocycles. The van der Waals surface area contributed by atoms with Crippen LogP contribution in [-0.4, -0.2) is 31.1 Å². The standard InChI is InChI=1S/C17H20FN2P/c18-15-5-1-13(2-6-15)17(20-11-9-19-10-12-20)14-3-7-16(21)8-4-14/h1-8,17,19H,9-12,21H2. The van der Waals surface area contributed by atoms with Crippen LogP contribution in [-0.2, 0) is 0 Å². The van der Waals surface area contributed by atoms with Crippen molar-refractivity contribution in [2.45, 2.75) is 6.04 Å². The van der Waals surface area contributed by atoms with E-state index in [1.165, 1.54) is 10.9 Å². The van der Waals surface area contributed by atoms with Gasteiger partial charge in [0.2, 0.25) is 0 Å². The number of hydrogen-bond acceptors (Lipinski definition) is 2. The van der Waals surface area contributed by atoms with Crippen molar-refractivity contribution in [2.75, 3.05) is 26.2 Å². The molecule has 1 N–H and O–H groups in total. The van der Waals surface area contributed by atoms with Crippen LogP contribution in [0.15, 0.2) is 48.5 Å². The Kier molecular flexibility index (Phi) is 4.64. The molecule has 1 fully saturated rings. The molecule has 4 heteroatoms. The van der Waals surface area contributed by atoms with Crippen molar-refractivity contribution < 1.29 is 4.39 Å². The second kappa shape index (κ2) is 6.65. The van der Waals surface area contributed by atoms with Gasteiger partial charge in [-0.05, 0) is 28.6 Å². The second-order valence-electron chi connectivity index (χ2n) is 5.41. The summed E-state index contributed by atoms with van der Waals surface area (Å²) in [5.74, 6) is -0.182. The minimum Gasteiger partial charge on any atom is -0.314 e. The molecular formula is C17H20FN2P. The highest BCUT2D eigenvalue weighted by molar-refractivity contribution is 7.27. The minimum absolute atomic E-state index is 0.182. The lowest BCUT2D eigenvalue weighted by molar-refractivity contribution is 0.198. The van der Waals surface area contributed by atoms with Gasteiger partial charge >= 0.3 is 0 Å². The summed E-state index contributed by atoms with van der Waals surface area (Å²) in [5.41, 5.74) is 2.41. The summed E-state index contributed by atoms with van der Waals surface area (Å²) >= 11 is 0. The molecule has 0 amide bonds. The topological polar surface area (TPSA) is 15.3 Å². The molecule has 0 spiro atoms. The summed E-state index contributed by atoms with van der Waals surface area (Å²) < 4.78 is 13.2. The van der Waals surface area contributed by atoms with Crippen molar-refractivity contribution in [3.05, 3.63) is 65.5 Å². The molecule has 2 aromatic carbocycles. The van der Waals surface area contributed by atoms with E-state index in [2.05, 4.69) is 43.7 Å². The summed E-state index contributed by atoms with van der Waals surface area (Å²) in [6.45, 7) is 4.01. The van der Waals surface area contributed by atoms with Crippen molar-refractivity contribution in [3.8, 4) is 0 Å². The Bertz CT molecular complexity index is 531. The Morgan fingerprint density at radius 3 is 2.00 bits per heavy atom. The van der Waals surface area contributed by atoms with E-state index >= 15 is 0 Å². The van der Waals surface area contributed by atoms with Gasteiger partial charge in [0.1, 0.15) is 5.82 Å². The Labute approximate surface area is 127 Å². The third-order valence-corrected chi connectivity index (χ3v) is 4.34. The number of benzene rings is 2. The summed E-state index contributed by atoms with van der Waals surface area (Å²) in [5, 5.41) is 4.56. The maximum Gasteiger partial charge on any atom is 0.123 e. The molecule has 0 bridgehead atoms. The van der Waals surface area contributed by atoms with Crippen molar-refractivity contribution in [1.29, 1.82) is 0 Å². The largest absolute Gasteiger partial charge is 0.314 e. The molecule has 0 radical (unpaired) electrons. The van der Waals surface area contributed by atoms with Gasteiger partial charge in [0.05, 0.1) is 6.04 Å². The van der Waals surface area contributed by atoms with Crippen LogP contribution in [0.1, 0.15) is 17.2 Å². The fraction of sp³-hybridized carbons (Fsp3) is 0.294. The minimum atomic E-state index is -0.182. The molecule has 0 saturated carbocycles.